The minimum absolute atomic E-state index is 0.287. The molecule has 4 heteroatoms. The van der Waals surface area contributed by atoms with Crippen molar-refractivity contribution in [1.82, 2.24) is 15.5 Å². The summed E-state index contributed by atoms with van der Waals surface area (Å²) in [6, 6.07) is 0.357. The quantitative estimate of drug-likeness (QED) is 0.862. The topological polar surface area (TPSA) is 51.0 Å². The third-order valence-electron chi connectivity index (χ3n) is 4.59. The third-order valence-corrected chi connectivity index (χ3v) is 4.59. The van der Waals surface area contributed by atoms with Gasteiger partial charge < -0.3 is 9.84 Å². The van der Waals surface area contributed by atoms with Crippen LogP contribution in [0.15, 0.2) is 4.52 Å². The molecule has 0 spiro atoms. The molecule has 1 aliphatic rings. The first-order valence-corrected chi connectivity index (χ1v) is 8.09. The zero-order valence-corrected chi connectivity index (χ0v) is 13.5. The van der Waals surface area contributed by atoms with Gasteiger partial charge in [-0.15, -0.1) is 0 Å². The second-order valence-electron chi connectivity index (χ2n) is 6.72. The molecule has 0 aromatic carbocycles. The Hall–Kier alpha value is -0.900. The Morgan fingerprint density at radius 2 is 2.05 bits per heavy atom. The summed E-state index contributed by atoms with van der Waals surface area (Å²) in [5, 5.41) is 7.75. The third kappa shape index (κ3) is 3.40. The highest BCUT2D eigenvalue weighted by Gasteiger charge is 2.31. The van der Waals surface area contributed by atoms with Gasteiger partial charge in [0, 0.05) is 12.0 Å². The van der Waals surface area contributed by atoms with E-state index in [1.165, 1.54) is 19.3 Å². The molecule has 4 unspecified atom stereocenters. The van der Waals surface area contributed by atoms with Crippen LogP contribution in [-0.4, -0.2) is 22.7 Å². The van der Waals surface area contributed by atoms with Gasteiger partial charge in [-0.05, 0) is 44.6 Å². The molecule has 2 rings (SSSR count). The van der Waals surface area contributed by atoms with Crippen LogP contribution in [0.4, 0.5) is 0 Å². The Morgan fingerprint density at radius 1 is 1.30 bits per heavy atom. The lowest BCUT2D eigenvalue weighted by Gasteiger charge is -2.24. The van der Waals surface area contributed by atoms with Gasteiger partial charge in [0.25, 0.3) is 0 Å². The number of aromatic nitrogens is 2. The van der Waals surface area contributed by atoms with E-state index in [1.807, 2.05) is 0 Å². The van der Waals surface area contributed by atoms with Crippen LogP contribution < -0.4 is 5.32 Å². The maximum absolute atomic E-state index is 5.60. The van der Waals surface area contributed by atoms with Gasteiger partial charge in [0.2, 0.25) is 5.89 Å². The monoisotopic (exact) mass is 279 g/mol. The number of hydrogen-bond acceptors (Lipinski definition) is 4. The van der Waals surface area contributed by atoms with Crippen LogP contribution in [0.1, 0.15) is 77.4 Å². The minimum Gasteiger partial charge on any atom is -0.339 e. The zero-order valence-electron chi connectivity index (χ0n) is 13.5. The Kier molecular flexibility index (Phi) is 5.19. The van der Waals surface area contributed by atoms with Crippen LogP contribution in [0.25, 0.3) is 0 Å². The summed E-state index contributed by atoms with van der Waals surface area (Å²) >= 11 is 0. The van der Waals surface area contributed by atoms with E-state index in [0.29, 0.717) is 17.9 Å². The fraction of sp³-hybridized carbons (Fsp3) is 0.875. The summed E-state index contributed by atoms with van der Waals surface area (Å²) in [6.07, 6.45) is 3.69. The molecule has 0 saturated heterocycles. The average molecular weight is 279 g/mol. The van der Waals surface area contributed by atoms with Crippen molar-refractivity contribution in [3.05, 3.63) is 11.7 Å². The van der Waals surface area contributed by atoms with Gasteiger partial charge >= 0.3 is 0 Å². The Bertz CT molecular complexity index is 416. The number of nitrogens with one attached hydrogen (secondary N) is 1. The summed E-state index contributed by atoms with van der Waals surface area (Å²) < 4.78 is 5.60. The zero-order chi connectivity index (χ0) is 14.7. The summed E-state index contributed by atoms with van der Waals surface area (Å²) in [5.41, 5.74) is 0. The van der Waals surface area contributed by atoms with Gasteiger partial charge in [-0.3, -0.25) is 0 Å². The molecule has 4 nitrogen and oxygen atoms in total. The van der Waals surface area contributed by atoms with Gasteiger partial charge in [-0.1, -0.05) is 32.9 Å². The Balaban J connectivity index is 2.12. The van der Waals surface area contributed by atoms with Crippen LogP contribution in [-0.2, 0) is 0 Å². The van der Waals surface area contributed by atoms with E-state index in [4.69, 9.17) is 9.51 Å². The standard InChI is InChI=1S/C16H29N3O/c1-6-17-12(5)14(10(2)3)16-18-15(19-20-16)13-8-7-11(4)9-13/h10-14,17H,6-9H2,1-5H3. The van der Waals surface area contributed by atoms with Gasteiger partial charge in [0.15, 0.2) is 5.82 Å². The predicted octanol–water partition coefficient (Wildman–Crippen LogP) is 3.71. The molecule has 0 amide bonds. The van der Waals surface area contributed by atoms with Gasteiger partial charge in [0.05, 0.1) is 5.92 Å². The Labute approximate surface area is 122 Å². The van der Waals surface area contributed by atoms with E-state index in [2.05, 4.69) is 45.1 Å². The van der Waals surface area contributed by atoms with Gasteiger partial charge in [-0.25, -0.2) is 0 Å². The second-order valence-corrected chi connectivity index (χ2v) is 6.72. The fourth-order valence-corrected chi connectivity index (χ4v) is 3.52. The molecule has 1 saturated carbocycles. The molecule has 0 bridgehead atoms. The lowest BCUT2D eigenvalue weighted by atomic mass is 9.89. The molecule has 1 heterocycles. The van der Waals surface area contributed by atoms with Gasteiger partial charge in [-0.2, -0.15) is 4.98 Å². The maximum Gasteiger partial charge on any atom is 0.231 e. The van der Waals surface area contributed by atoms with E-state index >= 15 is 0 Å². The van der Waals surface area contributed by atoms with E-state index in [1.54, 1.807) is 0 Å². The minimum atomic E-state index is 0.287. The first-order chi connectivity index (χ1) is 9.52. The lowest BCUT2D eigenvalue weighted by Crippen LogP contribution is -2.34. The SMILES string of the molecule is CCNC(C)C(c1nc(C2CCC(C)C2)no1)C(C)C. The highest BCUT2D eigenvalue weighted by molar-refractivity contribution is 5.04. The van der Waals surface area contributed by atoms with Crippen molar-refractivity contribution in [3.8, 4) is 0 Å². The van der Waals surface area contributed by atoms with Crippen molar-refractivity contribution in [2.75, 3.05) is 6.54 Å². The Morgan fingerprint density at radius 3 is 2.60 bits per heavy atom. The van der Waals surface area contributed by atoms with Gasteiger partial charge in [0.1, 0.15) is 0 Å². The highest BCUT2D eigenvalue weighted by Crippen LogP contribution is 2.37. The summed E-state index contributed by atoms with van der Waals surface area (Å²) in [5.74, 6) is 3.81. The molecule has 1 fully saturated rings. The first-order valence-electron chi connectivity index (χ1n) is 8.09. The van der Waals surface area contributed by atoms with Crippen molar-refractivity contribution in [2.24, 2.45) is 11.8 Å². The van der Waals surface area contributed by atoms with Crippen LogP contribution in [0.5, 0.6) is 0 Å². The lowest BCUT2D eigenvalue weighted by molar-refractivity contribution is 0.280. The second kappa shape index (κ2) is 6.70. The van der Waals surface area contributed by atoms with Crippen LogP contribution in [0.3, 0.4) is 0 Å². The molecule has 1 aromatic heterocycles. The van der Waals surface area contributed by atoms with Crippen LogP contribution >= 0.6 is 0 Å². The molecule has 114 valence electrons. The normalized spacial score (nSPS) is 26.1. The summed E-state index contributed by atoms with van der Waals surface area (Å²) in [7, 11) is 0. The number of hydrogen-bond donors (Lipinski definition) is 1. The van der Waals surface area contributed by atoms with E-state index < -0.39 is 0 Å². The molecule has 1 N–H and O–H groups in total. The van der Waals surface area contributed by atoms with Crippen LogP contribution in [0, 0.1) is 11.8 Å². The molecular formula is C16H29N3O. The van der Waals surface area contributed by atoms with E-state index in [9.17, 15) is 0 Å². The predicted molar refractivity (Wildman–Crippen MR) is 80.8 cm³/mol. The van der Waals surface area contributed by atoms with Crippen molar-refractivity contribution in [3.63, 3.8) is 0 Å². The molecule has 4 atom stereocenters. The van der Waals surface area contributed by atoms with Crippen LogP contribution in [0.2, 0.25) is 0 Å². The van der Waals surface area contributed by atoms with Crippen molar-refractivity contribution >= 4 is 0 Å². The van der Waals surface area contributed by atoms with Crippen molar-refractivity contribution in [2.45, 2.75) is 71.8 Å². The number of likely N-dealkylation sites (N-methyl/N-ethyl adjacent to an activating group) is 1. The first kappa shape index (κ1) is 15.5. The van der Waals surface area contributed by atoms with Crippen molar-refractivity contribution in [1.29, 1.82) is 0 Å². The molecule has 0 aliphatic heterocycles. The average Bonchev–Trinajstić information content (AvgIpc) is 2.98. The fourth-order valence-electron chi connectivity index (χ4n) is 3.52. The molecule has 20 heavy (non-hydrogen) atoms. The summed E-state index contributed by atoms with van der Waals surface area (Å²) in [6.45, 7) is 12.1. The molecular weight excluding hydrogens is 250 g/mol. The van der Waals surface area contributed by atoms with Crippen molar-refractivity contribution < 1.29 is 4.52 Å². The smallest absolute Gasteiger partial charge is 0.231 e. The largest absolute Gasteiger partial charge is 0.339 e. The number of rotatable bonds is 6. The maximum atomic E-state index is 5.60. The molecule has 1 aliphatic carbocycles. The summed E-state index contributed by atoms with van der Waals surface area (Å²) in [4.78, 5) is 4.73. The highest BCUT2D eigenvalue weighted by atomic mass is 16.5. The number of nitrogens with zero attached hydrogens (tertiary/aromatic N) is 2. The molecule has 0 radical (unpaired) electrons. The molecule has 1 aromatic rings. The van der Waals surface area contributed by atoms with E-state index in [-0.39, 0.29) is 5.92 Å². The van der Waals surface area contributed by atoms with E-state index in [0.717, 1.165) is 24.2 Å².